The van der Waals surface area contributed by atoms with Crippen molar-refractivity contribution in [1.29, 1.82) is 0 Å². The van der Waals surface area contributed by atoms with Crippen LogP contribution in [0.25, 0.3) is 0 Å². The van der Waals surface area contributed by atoms with Gasteiger partial charge in [0.05, 0.1) is 6.10 Å². The molecule has 0 saturated carbocycles. The SMILES string of the molecule is CC(=O)Nc1ccccc1CN1CCC[C@H]([C@H](C)O)C1. The number of hydrogen-bond donors (Lipinski definition) is 2. The number of para-hydroxylation sites is 1. The van der Waals surface area contributed by atoms with Crippen molar-refractivity contribution in [1.82, 2.24) is 4.90 Å². The number of anilines is 1. The van der Waals surface area contributed by atoms with Crippen LogP contribution in [0.1, 0.15) is 32.3 Å². The van der Waals surface area contributed by atoms with E-state index in [4.69, 9.17) is 0 Å². The lowest BCUT2D eigenvalue weighted by molar-refractivity contribution is -0.114. The van der Waals surface area contributed by atoms with Crippen molar-refractivity contribution >= 4 is 11.6 Å². The average Bonchev–Trinajstić information content (AvgIpc) is 2.41. The molecule has 0 aromatic heterocycles. The first-order valence-electron chi connectivity index (χ1n) is 7.32. The molecular formula is C16H24N2O2. The second kappa shape index (κ2) is 6.86. The summed E-state index contributed by atoms with van der Waals surface area (Å²) in [7, 11) is 0. The Balaban J connectivity index is 2.04. The van der Waals surface area contributed by atoms with Gasteiger partial charge in [-0.2, -0.15) is 0 Å². The van der Waals surface area contributed by atoms with Gasteiger partial charge in [-0.15, -0.1) is 0 Å². The van der Waals surface area contributed by atoms with E-state index >= 15 is 0 Å². The summed E-state index contributed by atoms with van der Waals surface area (Å²) in [5.74, 6) is 0.314. The van der Waals surface area contributed by atoms with E-state index in [-0.39, 0.29) is 12.0 Å². The molecule has 1 aromatic rings. The summed E-state index contributed by atoms with van der Waals surface area (Å²) < 4.78 is 0. The zero-order valence-electron chi connectivity index (χ0n) is 12.3. The number of nitrogens with zero attached hydrogens (tertiary/aromatic N) is 1. The molecule has 1 aliphatic rings. The van der Waals surface area contributed by atoms with Crippen LogP contribution in [-0.2, 0) is 11.3 Å². The van der Waals surface area contributed by atoms with Gasteiger partial charge in [0.2, 0.25) is 5.91 Å². The highest BCUT2D eigenvalue weighted by molar-refractivity contribution is 5.89. The Morgan fingerprint density at radius 3 is 2.95 bits per heavy atom. The molecule has 2 atom stereocenters. The van der Waals surface area contributed by atoms with E-state index in [1.165, 1.54) is 6.92 Å². The van der Waals surface area contributed by atoms with Gasteiger partial charge in [0.25, 0.3) is 0 Å². The predicted molar refractivity (Wildman–Crippen MR) is 80.4 cm³/mol. The molecule has 0 spiro atoms. The lowest BCUT2D eigenvalue weighted by atomic mass is 9.93. The van der Waals surface area contributed by atoms with Crippen LogP contribution in [0.15, 0.2) is 24.3 Å². The number of rotatable bonds is 4. The molecule has 1 aromatic carbocycles. The van der Waals surface area contributed by atoms with E-state index in [9.17, 15) is 9.90 Å². The summed E-state index contributed by atoms with van der Waals surface area (Å²) in [6.45, 7) is 6.20. The monoisotopic (exact) mass is 276 g/mol. The number of aliphatic hydroxyl groups is 1. The summed E-state index contributed by atoms with van der Waals surface area (Å²) in [5, 5.41) is 12.6. The maximum absolute atomic E-state index is 11.2. The molecule has 110 valence electrons. The van der Waals surface area contributed by atoms with Crippen LogP contribution in [0.4, 0.5) is 5.69 Å². The van der Waals surface area contributed by atoms with E-state index in [1.54, 1.807) is 0 Å². The molecule has 0 unspecified atom stereocenters. The van der Waals surface area contributed by atoms with Crippen LogP contribution in [-0.4, -0.2) is 35.1 Å². The number of aliphatic hydroxyl groups excluding tert-OH is 1. The van der Waals surface area contributed by atoms with Crippen molar-refractivity contribution < 1.29 is 9.90 Å². The van der Waals surface area contributed by atoms with Gasteiger partial charge in [0.1, 0.15) is 0 Å². The van der Waals surface area contributed by atoms with Gasteiger partial charge in [0, 0.05) is 25.7 Å². The van der Waals surface area contributed by atoms with Crippen molar-refractivity contribution in [2.75, 3.05) is 18.4 Å². The van der Waals surface area contributed by atoms with Gasteiger partial charge in [-0.1, -0.05) is 18.2 Å². The number of piperidine rings is 1. The molecule has 2 rings (SSSR count). The van der Waals surface area contributed by atoms with E-state index in [1.807, 2.05) is 25.1 Å². The Morgan fingerprint density at radius 1 is 1.50 bits per heavy atom. The van der Waals surface area contributed by atoms with Crippen LogP contribution in [0.5, 0.6) is 0 Å². The zero-order chi connectivity index (χ0) is 14.5. The van der Waals surface area contributed by atoms with Crippen molar-refractivity contribution in [2.45, 2.75) is 39.3 Å². The molecule has 2 N–H and O–H groups in total. The van der Waals surface area contributed by atoms with Crippen molar-refractivity contribution in [3.63, 3.8) is 0 Å². The maximum atomic E-state index is 11.2. The third-order valence-electron chi connectivity index (χ3n) is 3.95. The topological polar surface area (TPSA) is 52.6 Å². The molecule has 1 aliphatic heterocycles. The van der Waals surface area contributed by atoms with Crippen LogP contribution in [0.2, 0.25) is 0 Å². The quantitative estimate of drug-likeness (QED) is 0.886. The first-order valence-corrected chi connectivity index (χ1v) is 7.32. The van der Waals surface area contributed by atoms with Gasteiger partial charge in [0.15, 0.2) is 0 Å². The highest BCUT2D eigenvalue weighted by atomic mass is 16.3. The molecule has 4 nitrogen and oxygen atoms in total. The van der Waals surface area contributed by atoms with Crippen LogP contribution in [0, 0.1) is 5.92 Å². The molecule has 0 aliphatic carbocycles. The van der Waals surface area contributed by atoms with E-state index in [0.717, 1.165) is 43.7 Å². The van der Waals surface area contributed by atoms with Crippen LogP contribution in [0.3, 0.4) is 0 Å². The van der Waals surface area contributed by atoms with Crippen LogP contribution >= 0.6 is 0 Å². The number of amides is 1. The molecule has 4 heteroatoms. The Hall–Kier alpha value is -1.39. The fraction of sp³-hybridized carbons (Fsp3) is 0.562. The first kappa shape index (κ1) is 15.0. The molecule has 1 saturated heterocycles. The normalized spacial score (nSPS) is 21.4. The third-order valence-corrected chi connectivity index (χ3v) is 3.95. The number of carbonyl (C=O) groups is 1. The second-order valence-corrected chi connectivity index (χ2v) is 5.72. The number of nitrogens with one attached hydrogen (secondary N) is 1. The van der Waals surface area contributed by atoms with E-state index in [2.05, 4.69) is 16.3 Å². The molecular weight excluding hydrogens is 252 g/mol. The second-order valence-electron chi connectivity index (χ2n) is 5.72. The first-order chi connectivity index (χ1) is 9.56. The Labute approximate surface area is 120 Å². The standard InChI is InChI=1S/C16H24N2O2/c1-12(19)14-7-5-9-18(10-14)11-15-6-3-4-8-16(15)17-13(2)20/h3-4,6,8,12,14,19H,5,7,9-11H2,1-2H3,(H,17,20)/t12-,14-/m0/s1. The lowest BCUT2D eigenvalue weighted by Crippen LogP contribution is -2.39. The summed E-state index contributed by atoms with van der Waals surface area (Å²) in [6.07, 6.45) is 1.97. The summed E-state index contributed by atoms with van der Waals surface area (Å²) >= 11 is 0. The molecule has 1 amide bonds. The highest BCUT2D eigenvalue weighted by Gasteiger charge is 2.23. The minimum Gasteiger partial charge on any atom is -0.393 e. The van der Waals surface area contributed by atoms with Crippen molar-refractivity contribution in [2.24, 2.45) is 5.92 Å². The van der Waals surface area contributed by atoms with Gasteiger partial charge in [-0.25, -0.2) is 0 Å². The largest absolute Gasteiger partial charge is 0.393 e. The maximum Gasteiger partial charge on any atom is 0.221 e. The Bertz CT molecular complexity index is 460. The highest BCUT2D eigenvalue weighted by Crippen LogP contribution is 2.23. The average molecular weight is 276 g/mol. The Kier molecular flexibility index (Phi) is 5.15. The van der Waals surface area contributed by atoms with Crippen molar-refractivity contribution in [3.8, 4) is 0 Å². The number of carbonyl (C=O) groups excluding carboxylic acids is 1. The van der Waals surface area contributed by atoms with Gasteiger partial charge >= 0.3 is 0 Å². The van der Waals surface area contributed by atoms with Gasteiger partial charge in [-0.3, -0.25) is 9.69 Å². The predicted octanol–water partition coefficient (Wildman–Crippen LogP) is 2.24. The lowest BCUT2D eigenvalue weighted by Gasteiger charge is -2.34. The van der Waals surface area contributed by atoms with Crippen LogP contribution < -0.4 is 5.32 Å². The number of likely N-dealkylation sites (tertiary alicyclic amines) is 1. The summed E-state index contributed by atoms with van der Waals surface area (Å²) in [5.41, 5.74) is 2.02. The molecule has 20 heavy (non-hydrogen) atoms. The summed E-state index contributed by atoms with van der Waals surface area (Å²) in [4.78, 5) is 13.6. The van der Waals surface area contributed by atoms with E-state index < -0.39 is 0 Å². The minimum atomic E-state index is -0.247. The molecule has 1 heterocycles. The molecule has 1 fully saturated rings. The fourth-order valence-corrected chi connectivity index (χ4v) is 2.84. The zero-order valence-corrected chi connectivity index (χ0v) is 12.3. The van der Waals surface area contributed by atoms with Crippen molar-refractivity contribution in [3.05, 3.63) is 29.8 Å². The smallest absolute Gasteiger partial charge is 0.221 e. The molecule has 0 radical (unpaired) electrons. The third kappa shape index (κ3) is 4.05. The Morgan fingerprint density at radius 2 is 2.25 bits per heavy atom. The number of hydrogen-bond acceptors (Lipinski definition) is 3. The van der Waals surface area contributed by atoms with E-state index in [0.29, 0.717) is 5.92 Å². The number of benzene rings is 1. The van der Waals surface area contributed by atoms with Gasteiger partial charge < -0.3 is 10.4 Å². The van der Waals surface area contributed by atoms with Gasteiger partial charge in [-0.05, 0) is 43.9 Å². The summed E-state index contributed by atoms with van der Waals surface area (Å²) in [6, 6.07) is 7.92. The minimum absolute atomic E-state index is 0.0436. The molecule has 0 bridgehead atoms. The fourth-order valence-electron chi connectivity index (χ4n) is 2.84.